The Bertz CT molecular complexity index is 1520. The van der Waals surface area contributed by atoms with Crippen LogP contribution in [0.2, 0.25) is 10.0 Å². The molecular formula is C30H34BrCl2N3O5S. The van der Waals surface area contributed by atoms with E-state index in [0.717, 1.165) is 16.3 Å². The van der Waals surface area contributed by atoms with Gasteiger partial charge < -0.3 is 15.0 Å². The molecule has 0 heterocycles. The zero-order chi connectivity index (χ0) is 31.0. The Morgan fingerprint density at radius 1 is 1.02 bits per heavy atom. The van der Waals surface area contributed by atoms with Gasteiger partial charge in [0.1, 0.15) is 18.3 Å². The highest BCUT2D eigenvalue weighted by atomic mass is 79.9. The van der Waals surface area contributed by atoms with Gasteiger partial charge in [0.15, 0.2) is 0 Å². The summed E-state index contributed by atoms with van der Waals surface area (Å²) in [5.74, 6) is -0.445. The zero-order valence-corrected chi connectivity index (χ0v) is 27.8. The third-order valence-corrected chi connectivity index (χ3v) is 9.58. The lowest BCUT2D eigenvalue weighted by Gasteiger charge is -2.33. The molecule has 1 unspecified atom stereocenters. The standard InChI is InChI=1S/C30H34BrCl2N3O5S/c1-5-15-34-30(38)27(6-2)35(18-21-9-10-22(32)16-26(21)33)29(37)19-36(23-11-7-20(3)8-12-23)42(39,40)24-13-14-28(41-4)25(31)17-24/h7-14,16-17,27H,5-6,15,18-19H2,1-4H3,(H,34,38). The highest BCUT2D eigenvalue weighted by Crippen LogP contribution is 2.31. The number of methoxy groups -OCH3 is 1. The quantitative estimate of drug-likeness (QED) is 0.217. The first kappa shape index (κ1) is 33.7. The van der Waals surface area contributed by atoms with Crippen LogP contribution < -0.4 is 14.4 Å². The first-order valence-corrected chi connectivity index (χ1v) is 16.4. The van der Waals surface area contributed by atoms with Gasteiger partial charge in [-0.2, -0.15) is 0 Å². The summed E-state index contributed by atoms with van der Waals surface area (Å²) in [6.07, 6.45) is 1.02. The minimum Gasteiger partial charge on any atom is -0.496 e. The fourth-order valence-corrected chi connectivity index (χ4v) is 6.89. The Labute approximate surface area is 266 Å². The van der Waals surface area contributed by atoms with Crippen LogP contribution in [0.4, 0.5) is 5.69 Å². The van der Waals surface area contributed by atoms with Crippen LogP contribution in [0.15, 0.2) is 70.0 Å². The number of rotatable bonds is 13. The van der Waals surface area contributed by atoms with Crippen LogP contribution >= 0.6 is 39.1 Å². The number of amides is 2. The Balaban J connectivity index is 2.09. The number of aryl methyl sites for hydroxylation is 1. The number of anilines is 1. The van der Waals surface area contributed by atoms with Gasteiger partial charge in [-0.15, -0.1) is 0 Å². The molecule has 0 aliphatic heterocycles. The van der Waals surface area contributed by atoms with Crippen LogP contribution in [0.1, 0.15) is 37.8 Å². The highest BCUT2D eigenvalue weighted by Gasteiger charge is 2.34. The van der Waals surface area contributed by atoms with Crippen molar-refractivity contribution in [1.82, 2.24) is 10.2 Å². The molecule has 0 aliphatic carbocycles. The van der Waals surface area contributed by atoms with E-state index < -0.39 is 28.5 Å². The van der Waals surface area contributed by atoms with E-state index in [1.807, 2.05) is 13.8 Å². The highest BCUT2D eigenvalue weighted by molar-refractivity contribution is 9.10. The molecule has 42 heavy (non-hydrogen) atoms. The molecule has 0 aliphatic rings. The molecule has 3 rings (SSSR count). The molecule has 3 aromatic carbocycles. The molecule has 0 aromatic heterocycles. The van der Waals surface area contributed by atoms with Gasteiger partial charge in [-0.1, -0.05) is 60.8 Å². The second kappa shape index (κ2) is 15.1. The summed E-state index contributed by atoms with van der Waals surface area (Å²) in [6.45, 7) is 5.46. The average Bonchev–Trinajstić information content (AvgIpc) is 2.96. The lowest BCUT2D eigenvalue weighted by atomic mass is 10.1. The van der Waals surface area contributed by atoms with Crippen LogP contribution in [0.3, 0.4) is 0 Å². The maximum Gasteiger partial charge on any atom is 0.264 e. The van der Waals surface area contributed by atoms with Gasteiger partial charge in [0.05, 0.1) is 22.2 Å². The molecule has 0 bridgehead atoms. The summed E-state index contributed by atoms with van der Waals surface area (Å²) in [7, 11) is -2.76. The Hall–Kier alpha value is -2.79. The fourth-order valence-electron chi connectivity index (χ4n) is 4.29. The largest absolute Gasteiger partial charge is 0.496 e. The van der Waals surface area contributed by atoms with Crippen LogP contribution in [0, 0.1) is 6.92 Å². The van der Waals surface area contributed by atoms with Crippen molar-refractivity contribution in [3.8, 4) is 5.75 Å². The number of benzene rings is 3. The predicted octanol–water partition coefficient (Wildman–Crippen LogP) is 6.60. The number of nitrogens with one attached hydrogen (secondary N) is 1. The molecule has 0 radical (unpaired) electrons. The molecular weight excluding hydrogens is 665 g/mol. The van der Waals surface area contributed by atoms with Crippen molar-refractivity contribution in [1.29, 1.82) is 0 Å². The number of halogens is 3. The van der Waals surface area contributed by atoms with Crippen molar-refractivity contribution in [2.75, 3.05) is 24.5 Å². The second-order valence-corrected chi connectivity index (χ2v) is 13.2. The summed E-state index contributed by atoms with van der Waals surface area (Å²) in [5, 5.41) is 3.61. The molecule has 0 fully saturated rings. The monoisotopic (exact) mass is 697 g/mol. The smallest absolute Gasteiger partial charge is 0.264 e. The molecule has 0 spiro atoms. The third kappa shape index (κ3) is 8.18. The number of hydrogen-bond donors (Lipinski definition) is 1. The fraction of sp³-hybridized carbons (Fsp3) is 0.333. The summed E-state index contributed by atoms with van der Waals surface area (Å²) in [5.41, 5.74) is 1.79. The predicted molar refractivity (Wildman–Crippen MR) is 171 cm³/mol. The first-order chi connectivity index (χ1) is 19.9. The normalized spacial score (nSPS) is 12.0. The van der Waals surface area contributed by atoms with Gasteiger partial charge >= 0.3 is 0 Å². The number of sulfonamides is 1. The van der Waals surface area contributed by atoms with Crippen molar-refractivity contribution in [3.05, 3.63) is 86.3 Å². The minimum absolute atomic E-state index is 0.0250. The lowest BCUT2D eigenvalue weighted by Crippen LogP contribution is -2.52. The van der Waals surface area contributed by atoms with Crippen molar-refractivity contribution in [3.63, 3.8) is 0 Å². The van der Waals surface area contributed by atoms with Crippen molar-refractivity contribution < 1.29 is 22.7 Å². The zero-order valence-electron chi connectivity index (χ0n) is 23.9. The van der Waals surface area contributed by atoms with E-state index in [-0.39, 0.29) is 17.3 Å². The van der Waals surface area contributed by atoms with E-state index in [4.69, 9.17) is 27.9 Å². The molecule has 12 heteroatoms. The maximum absolute atomic E-state index is 14.1. The van der Waals surface area contributed by atoms with Gasteiger partial charge in [-0.3, -0.25) is 13.9 Å². The molecule has 2 amide bonds. The first-order valence-electron chi connectivity index (χ1n) is 13.4. The summed E-state index contributed by atoms with van der Waals surface area (Å²) < 4.78 is 34.9. The number of carbonyl (C=O) groups excluding carboxylic acids is 2. The Morgan fingerprint density at radius 3 is 2.29 bits per heavy atom. The Kier molecular flexibility index (Phi) is 12.1. The van der Waals surface area contributed by atoms with Crippen LogP contribution in [-0.2, 0) is 26.2 Å². The molecule has 0 saturated carbocycles. The molecule has 0 saturated heterocycles. The van der Waals surface area contributed by atoms with E-state index in [9.17, 15) is 18.0 Å². The molecule has 1 atom stereocenters. The number of carbonyl (C=O) groups is 2. The minimum atomic E-state index is -4.24. The second-order valence-electron chi connectivity index (χ2n) is 9.62. The molecule has 1 N–H and O–H groups in total. The van der Waals surface area contributed by atoms with Crippen LogP contribution in [0.25, 0.3) is 0 Å². The van der Waals surface area contributed by atoms with E-state index in [1.54, 1.807) is 49.4 Å². The maximum atomic E-state index is 14.1. The molecule has 3 aromatic rings. The van der Waals surface area contributed by atoms with E-state index in [1.165, 1.54) is 30.2 Å². The Morgan fingerprint density at radius 2 is 1.71 bits per heavy atom. The van der Waals surface area contributed by atoms with E-state index >= 15 is 0 Å². The topological polar surface area (TPSA) is 96.0 Å². The van der Waals surface area contributed by atoms with Gasteiger partial charge in [0.25, 0.3) is 10.0 Å². The molecule has 226 valence electrons. The number of hydrogen-bond acceptors (Lipinski definition) is 5. The summed E-state index contributed by atoms with van der Waals surface area (Å²) in [6, 6.07) is 15.2. The van der Waals surface area contributed by atoms with Gasteiger partial charge in [-0.25, -0.2) is 8.42 Å². The van der Waals surface area contributed by atoms with Crippen molar-refractivity contribution in [2.45, 2.75) is 51.1 Å². The van der Waals surface area contributed by atoms with Crippen molar-refractivity contribution >= 4 is 66.7 Å². The van der Waals surface area contributed by atoms with Crippen LogP contribution in [-0.4, -0.2) is 51.4 Å². The summed E-state index contributed by atoms with van der Waals surface area (Å²) >= 11 is 15.9. The van der Waals surface area contributed by atoms with E-state index in [2.05, 4.69) is 21.2 Å². The van der Waals surface area contributed by atoms with Crippen molar-refractivity contribution in [2.24, 2.45) is 0 Å². The number of ether oxygens (including phenoxy) is 1. The third-order valence-electron chi connectivity index (χ3n) is 6.60. The van der Waals surface area contributed by atoms with Gasteiger partial charge in [0, 0.05) is 23.1 Å². The summed E-state index contributed by atoms with van der Waals surface area (Å²) in [4.78, 5) is 28.7. The van der Waals surface area contributed by atoms with Gasteiger partial charge in [-0.05, 0) is 83.7 Å². The number of nitrogens with zero attached hydrogens (tertiary/aromatic N) is 2. The SMILES string of the molecule is CCCNC(=O)C(CC)N(Cc1ccc(Cl)cc1Cl)C(=O)CN(c1ccc(C)cc1)S(=O)(=O)c1ccc(OC)c(Br)c1. The molecule has 8 nitrogen and oxygen atoms in total. The van der Waals surface area contributed by atoms with E-state index in [0.29, 0.717) is 44.5 Å². The lowest BCUT2D eigenvalue weighted by molar-refractivity contribution is -0.140. The van der Waals surface area contributed by atoms with Gasteiger partial charge in [0.2, 0.25) is 11.8 Å². The average molecular weight is 699 g/mol. The van der Waals surface area contributed by atoms with Crippen LogP contribution in [0.5, 0.6) is 5.75 Å².